The smallest absolute Gasteiger partial charge is 0.307 e. The normalized spacial score (nSPS) is 17.4. The van der Waals surface area contributed by atoms with Gasteiger partial charge in [0.1, 0.15) is 0 Å². The lowest BCUT2D eigenvalue weighted by atomic mass is 9.65. The van der Waals surface area contributed by atoms with Crippen molar-refractivity contribution in [1.82, 2.24) is 0 Å². The highest BCUT2D eigenvalue weighted by Gasteiger charge is 2.39. The molecular weight excluding hydrogens is 288 g/mol. The van der Waals surface area contributed by atoms with Gasteiger partial charge in [0.2, 0.25) is 0 Å². The number of nitrogens with zero attached hydrogens (tertiary/aromatic N) is 1. The number of hydrogen-bond donors (Lipinski definition) is 1. The Balaban J connectivity index is 2.23. The predicted octanol–water partition coefficient (Wildman–Crippen LogP) is 3.24. The molecule has 0 aromatic heterocycles. The van der Waals surface area contributed by atoms with Crippen LogP contribution in [0.1, 0.15) is 49.8 Å². The van der Waals surface area contributed by atoms with E-state index in [4.69, 9.17) is 22.1 Å². The lowest BCUT2D eigenvalue weighted by molar-refractivity contribution is -0.143. The number of carbonyl (C=O) groups is 1. The van der Waals surface area contributed by atoms with Crippen molar-refractivity contribution < 1.29 is 9.53 Å². The van der Waals surface area contributed by atoms with Crippen molar-refractivity contribution in [3.05, 3.63) is 34.3 Å². The van der Waals surface area contributed by atoms with Gasteiger partial charge in [-0.05, 0) is 49.4 Å². The molecule has 0 bridgehead atoms. The zero-order valence-electron chi connectivity index (χ0n) is 12.1. The molecule has 4 nitrogen and oxygen atoms in total. The second-order valence-electron chi connectivity index (χ2n) is 5.44. The number of ether oxygens (including phenoxy) is 1. The molecule has 0 radical (unpaired) electrons. The fourth-order valence-corrected chi connectivity index (χ4v) is 2.86. The van der Waals surface area contributed by atoms with E-state index < -0.39 is 11.5 Å². The van der Waals surface area contributed by atoms with Gasteiger partial charge in [-0.25, -0.2) is 0 Å². The van der Waals surface area contributed by atoms with Crippen molar-refractivity contribution >= 4 is 17.6 Å². The lowest BCUT2D eigenvalue weighted by Crippen LogP contribution is -2.32. The first-order valence-corrected chi connectivity index (χ1v) is 7.52. The fraction of sp³-hybridized carbons (Fsp3) is 0.500. The first-order chi connectivity index (χ1) is 10.0. The molecule has 0 amide bonds. The molecule has 2 N–H and O–H groups in total. The number of nitrogens with two attached hydrogens (primary N) is 1. The second kappa shape index (κ2) is 6.46. The van der Waals surface area contributed by atoms with Gasteiger partial charge in [-0.1, -0.05) is 17.7 Å². The summed E-state index contributed by atoms with van der Waals surface area (Å²) in [5.74, 6) is -0.329. The Kier molecular flexibility index (Phi) is 4.87. The SMILES string of the molecule is CCOC(=O)CC(N)c1cc(Cl)cc(C2(C#N)CCC2)c1. The van der Waals surface area contributed by atoms with Gasteiger partial charge in [0.05, 0.1) is 24.5 Å². The third-order valence-electron chi connectivity index (χ3n) is 4.01. The Morgan fingerprint density at radius 2 is 2.24 bits per heavy atom. The standard InChI is InChI=1S/C16H19ClN2O2/c1-2-21-15(20)9-14(19)11-6-12(8-13(17)7-11)16(10-18)4-3-5-16/h6-8,14H,2-5,9,19H2,1H3. The topological polar surface area (TPSA) is 76.1 Å². The Morgan fingerprint density at radius 3 is 2.76 bits per heavy atom. The van der Waals surface area contributed by atoms with Crippen LogP contribution in [0.3, 0.4) is 0 Å². The number of hydrogen-bond acceptors (Lipinski definition) is 4. The first-order valence-electron chi connectivity index (χ1n) is 7.14. The molecule has 1 fully saturated rings. The van der Waals surface area contributed by atoms with Crippen molar-refractivity contribution in [1.29, 1.82) is 5.26 Å². The van der Waals surface area contributed by atoms with Gasteiger partial charge in [-0.15, -0.1) is 0 Å². The van der Waals surface area contributed by atoms with Gasteiger partial charge in [0.25, 0.3) is 0 Å². The molecule has 112 valence electrons. The number of nitriles is 1. The van der Waals surface area contributed by atoms with E-state index in [0.717, 1.165) is 30.4 Å². The number of halogens is 1. The molecule has 1 atom stereocenters. The quantitative estimate of drug-likeness (QED) is 0.847. The van der Waals surface area contributed by atoms with Gasteiger partial charge in [0.15, 0.2) is 0 Å². The molecule has 1 unspecified atom stereocenters. The second-order valence-corrected chi connectivity index (χ2v) is 5.87. The summed E-state index contributed by atoms with van der Waals surface area (Å²) < 4.78 is 4.91. The van der Waals surface area contributed by atoms with Crippen LogP contribution in [0.25, 0.3) is 0 Å². The molecule has 0 spiro atoms. The molecule has 1 saturated carbocycles. The molecule has 1 aliphatic rings. The van der Waals surface area contributed by atoms with E-state index in [1.165, 1.54) is 0 Å². The Hall–Kier alpha value is -1.57. The third kappa shape index (κ3) is 3.37. The minimum Gasteiger partial charge on any atom is -0.466 e. The molecule has 1 aromatic rings. The van der Waals surface area contributed by atoms with Crippen molar-refractivity contribution in [3.63, 3.8) is 0 Å². The zero-order valence-corrected chi connectivity index (χ0v) is 12.8. The average molecular weight is 307 g/mol. The monoisotopic (exact) mass is 306 g/mol. The van der Waals surface area contributed by atoms with Crippen LogP contribution >= 0.6 is 11.6 Å². The van der Waals surface area contributed by atoms with Gasteiger partial charge < -0.3 is 10.5 Å². The Bertz CT molecular complexity index is 576. The van der Waals surface area contributed by atoms with E-state index in [9.17, 15) is 10.1 Å². The number of carbonyl (C=O) groups excluding carboxylic acids is 1. The van der Waals surface area contributed by atoms with E-state index in [1.54, 1.807) is 13.0 Å². The summed E-state index contributed by atoms with van der Waals surface area (Å²) in [5, 5.41) is 9.97. The molecule has 5 heteroatoms. The van der Waals surface area contributed by atoms with Crippen LogP contribution in [-0.2, 0) is 14.9 Å². The minimum absolute atomic E-state index is 0.104. The molecule has 1 aliphatic carbocycles. The maximum absolute atomic E-state index is 11.5. The third-order valence-corrected chi connectivity index (χ3v) is 4.23. The van der Waals surface area contributed by atoms with Crippen molar-refractivity contribution in [2.45, 2.75) is 44.1 Å². The van der Waals surface area contributed by atoms with Crippen LogP contribution in [0.2, 0.25) is 5.02 Å². The predicted molar refractivity (Wildman–Crippen MR) is 80.8 cm³/mol. The molecule has 2 rings (SSSR count). The van der Waals surface area contributed by atoms with Crippen LogP contribution in [-0.4, -0.2) is 12.6 Å². The van der Waals surface area contributed by atoms with E-state index in [0.29, 0.717) is 11.6 Å². The largest absolute Gasteiger partial charge is 0.466 e. The van der Waals surface area contributed by atoms with Crippen molar-refractivity contribution in [3.8, 4) is 6.07 Å². The summed E-state index contributed by atoms with van der Waals surface area (Å²) in [6.45, 7) is 2.10. The molecule has 0 heterocycles. The molecule has 21 heavy (non-hydrogen) atoms. The van der Waals surface area contributed by atoms with Gasteiger partial charge in [-0.3, -0.25) is 4.79 Å². The number of rotatable bonds is 5. The van der Waals surface area contributed by atoms with E-state index >= 15 is 0 Å². The van der Waals surface area contributed by atoms with Gasteiger partial charge >= 0.3 is 5.97 Å². The molecule has 0 saturated heterocycles. The summed E-state index contributed by atoms with van der Waals surface area (Å²) in [7, 11) is 0. The number of esters is 1. The minimum atomic E-state index is -0.475. The van der Waals surface area contributed by atoms with E-state index in [-0.39, 0.29) is 12.4 Å². The Labute approximate surface area is 129 Å². The van der Waals surface area contributed by atoms with Gasteiger partial charge in [-0.2, -0.15) is 5.26 Å². The summed E-state index contributed by atoms with van der Waals surface area (Å²) >= 11 is 6.15. The van der Waals surface area contributed by atoms with E-state index in [2.05, 4.69) is 6.07 Å². The van der Waals surface area contributed by atoms with Crippen LogP contribution in [0.4, 0.5) is 0 Å². The first kappa shape index (κ1) is 15.8. The number of benzene rings is 1. The summed E-state index contributed by atoms with van der Waals surface area (Å²) in [6, 6.07) is 7.39. The van der Waals surface area contributed by atoms with Crippen LogP contribution < -0.4 is 5.73 Å². The van der Waals surface area contributed by atoms with Crippen molar-refractivity contribution in [2.75, 3.05) is 6.61 Å². The average Bonchev–Trinajstić information content (AvgIpc) is 2.37. The van der Waals surface area contributed by atoms with Crippen molar-refractivity contribution in [2.24, 2.45) is 5.73 Å². The van der Waals surface area contributed by atoms with Crippen LogP contribution in [0.15, 0.2) is 18.2 Å². The lowest BCUT2D eigenvalue weighted by Gasteiger charge is -2.36. The van der Waals surface area contributed by atoms with Crippen LogP contribution in [0, 0.1) is 11.3 Å². The summed E-state index contributed by atoms with van der Waals surface area (Å²) in [5.41, 5.74) is 7.30. The maximum atomic E-state index is 11.5. The molecular formula is C16H19ClN2O2. The summed E-state index contributed by atoms with van der Waals surface area (Å²) in [4.78, 5) is 11.5. The highest BCUT2D eigenvalue weighted by Crippen LogP contribution is 2.44. The zero-order chi connectivity index (χ0) is 15.5. The van der Waals surface area contributed by atoms with Gasteiger partial charge in [0, 0.05) is 11.1 Å². The molecule has 1 aromatic carbocycles. The summed E-state index contributed by atoms with van der Waals surface area (Å²) in [6.07, 6.45) is 2.84. The van der Waals surface area contributed by atoms with Crippen LogP contribution in [0.5, 0.6) is 0 Å². The highest BCUT2D eigenvalue weighted by atomic mass is 35.5. The van der Waals surface area contributed by atoms with E-state index in [1.807, 2.05) is 12.1 Å². The maximum Gasteiger partial charge on any atom is 0.307 e. The fourth-order valence-electron chi connectivity index (χ4n) is 2.62. The molecule has 0 aliphatic heterocycles. The highest BCUT2D eigenvalue weighted by molar-refractivity contribution is 6.30. The Morgan fingerprint density at radius 1 is 1.52 bits per heavy atom.